The first-order valence-electron chi connectivity index (χ1n) is 6.68. The number of halogens is 3. The standard InChI is InChI=1S/C17H17F3O/c1-11-7-12(2)9-13(8-11)10-16(21)14-3-5-15(6-4-14)17(18,19)20/h3-9,16,21H,10H2,1-2H3. The number of rotatable bonds is 3. The molecule has 4 heteroatoms. The number of alkyl halides is 3. The molecule has 0 fully saturated rings. The summed E-state index contributed by atoms with van der Waals surface area (Å²) in [6.45, 7) is 3.95. The summed E-state index contributed by atoms with van der Waals surface area (Å²) in [5.74, 6) is 0. The molecule has 1 nitrogen and oxygen atoms in total. The van der Waals surface area contributed by atoms with E-state index >= 15 is 0 Å². The summed E-state index contributed by atoms with van der Waals surface area (Å²) in [6.07, 6.45) is -4.78. The molecule has 112 valence electrons. The second-order valence-corrected chi connectivity index (χ2v) is 5.34. The molecule has 1 atom stereocenters. The fourth-order valence-electron chi connectivity index (χ4n) is 2.42. The lowest BCUT2D eigenvalue weighted by Crippen LogP contribution is -2.06. The maximum Gasteiger partial charge on any atom is 0.416 e. The number of benzene rings is 2. The van der Waals surface area contributed by atoms with Crippen LogP contribution >= 0.6 is 0 Å². The molecule has 0 heterocycles. The zero-order valence-corrected chi connectivity index (χ0v) is 11.9. The summed E-state index contributed by atoms with van der Waals surface area (Å²) in [5.41, 5.74) is 2.96. The maximum absolute atomic E-state index is 12.5. The zero-order valence-electron chi connectivity index (χ0n) is 11.9. The van der Waals surface area contributed by atoms with Crippen molar-refractivity contribution in [3.63, 3.8) is 0 Å². The van der Waals surface area contributed by atoms with E-state index in [4.69, 9.17) is 0 Å². The number of aliphatic hydroxyl groups excluding tert-OH is 1. The first-order chi connectivity index (χ1) is 9.75. The van der Waals surface area contributed by atoms with Crippen LogP contribution in [-0.4, -0.2) is 5.11 Å². The van der Waals surface area contributed by atoms with Gasteiger partial charge in [0.2, 0.25) is 0 Å². The average molecular weight is 294 g/mol. The molecule has 0 saturated carbocycles. The molecule has 0 spiro atoms. The Morgan fingerprint density at radius 3 is 1.95 bits per heavy atom. The highest BCUT2D eigenvalue weighted by atomic mass is 19.4. The Morgan fingerprint density at radius 1 is 0.952 bits per heavy atom. The van der Waals surface area contributed by atoms with Gasteiger partial charge in [0.25, 0.3) is 0 Å². The molecule has 0 radical (unpaired) electrons. The van der Waals surface area contributed by atoms with Crippen molar-refractivity contribution >= 4 is 0 Å². The van der Waals surface area contributed by atoms with E-state index in [0.29, 0.717) is 12.0 Å². The predicted octanol–water partition coefficient (Wildman–Crippen LogP) is 4.60. The van der Waals surface area contributed by atoms with Gasteiger partial charge in [-0.25, -0.2) is 0 Å². The average Bonchev–Trinajstić information content (AvgIpc) is 2.36. The Kier molecular flexibility index (Phi) is 4.37. The van der Waals surface area contributed by atoms with Crippen molar-refractivity contribution in [2.75, 3.05) is 0 Å². The van der Waals surface area contributed by atoms with Crippen LogP contribution < -0.4 is 0 Å². The summed E-state index contributed by atoms with van der Waals surface area (Å²) in [5, 5.41) is 10.2. The minimum Gasteiger partial charge on any atom is -0.388 e. The van der Waals surface area contributed by atoms with Gasteiger partial charge >= 0.3 is 6.18 Å². The van der Waals surface area contributed by atoms with Crippen LogP contribution in [-0.2, 0) is 12.6 Å². The molecule has 1 unspecified atom stereocenters. The van der Waals surface area contributed by atoms with Crippen LogP contribution in [0.4, 0.5) is 13.2 Å². The van der Waals surface area contributed by atoms with Gasteiger partial charge in [-0.2, -0.15) is 13.2 Å². The third kappa shape index (κ3) is 4.08. The Morgan fingerprint density at radius 2 is 1.48 bits per heavy atom. The Bertz CT molecular complexity index is 595. The van der Waals surface area contributed by atoms with Gasteiger partial charge in [-0.1, -0.05) is 41.5 Å². The normalized spacial score (nSPS) is 13.2. The Hall–Kier alpha value is -1.81. The van der Waals surface area contributed by atoms with Gasteiger partial charge in [-0.05, 0) is 37.1 Å². The Balaban J connectivity index is 2.15. The van der Waals surface area contributed by atoms with E-state index in [1.54, 1.807) is 0 Å². The van der Waals surface area contributed by atoms with Crippen molar-refractivity contribution in [1.82, 2.24) is 0 Å². The summed E-state index contributed by atoms with van der Waals surface area (Å²) < 4.78 is 37.5. The van der Waals surface area contributed by atoms with Crippen LogP contribution in [0.5, 0.6) is 0 Å². The first kappa shape index (κ1) is 15.6. The van der Waals surface area contributed by atoms with E-state index in [9.17, 15) is 18.3 Å². The third-order valence-corrected chi connectivity index (χ3v) is 3.33. The van der Waals surface area contributed by atoms with Crippen molar-refractivity contribution < 1.29 is 18.3 Å². The molecule has 0 aromatic heterocycles. The lowest BCUT2D eigenvalue weighted by atomic mass is 9.98. The molecule has 0 aliphatic heterocycles. The maximum atomic E-state index is 12.5. The van der Waals surface area contributed by atoms with Gasteiger partial charge < -0.3 is 5.11 Å². The van der Waals surface area contributed by atoms with Crippen LogP contribution in [0.2, 0.25) is 0 Å². The van der Waals surface area contributed by atoms with E-state index in [1.807, 2.05) is 32.0 Å². The topological polar surface area (TPSA) is 20.2 Å². The fraction of sp³-hybridized carbons (Fsp3) is 0.294. The number of hydrogen-bond donors (Lipinski definition) is 1. The van der Waals surface area contributed by atoms with Crippen LogP contribution in [0.25, 0.3) is 0 Å². The van der Waals surface area contributed by atoms with Gasteiger partial charge in [-0.3, -0.25) is 0 Å². The largest absolute Gasteiger partial charge is 0.416 e. The van der Waals surface area contributed by atoms with Crippen molar-refractivity contribution in [2.24, 2.45) is 0 Å². The highest BCUT2D eigenvalue weighted by Gasteiger charge is 2.30. The third-order valence-electron chi connectivity index (χ3n) is 3.33. The quantitative estimate of drug-likeness (QED) is 0.877. The van der Waals surface area contributed by atoms with Crippen LogP contribution in [0.15, 0.2) is 42.5 Å². The van der Waals surface area contributed by atoms with E-state index in [1.165, 1.54) is 12.1 Å². The Labute approximate surface area is 122 Å². The summed E-state index contributed by atoms with van der Waals surface area (Å²) in [4.78, 5) is 0. The second-order valence-electron chi connectivity index (χ2n) is 5.34. The highest BCUT2D eigenvalue weighted by Crippen LogP contribution is 2.30. The molecular weight excluding hydrogens is 277 g/mol. The van der Waals surface area contributed by atoms with Crippen LogP contribution in [0.1, 0.15) is 33.9 Å². The number of aliphatic hydroxyl groups is 1. The van der Waals surface area contributed by atoms with E-state index in [0.717, 1.165) is 28.8 Å². The molecule has 1 N–H and O–H groups in total. The number of aryl methyl sites for hydroxylation is 2. The van der Waals surface area contributed by atoms with Crippen molar-refractivity contribution in [1.29, 1.82) is 0 Å². The summed E-state index contributed by atoms with van der Waals surface area (Å²) in [7, 11) is 0. The van der Waals surface area contributed by atoms with Gasteiger partial charge in [0.15, 0.2) is 0 Å². The lowest BCUT2D eigenvalue weighted by molar-refractivity contribution is -0.137. The van der Waals surface area contributed by atoms with Gasteiger partial charge in [0.1, 0.15) is 0 Å². The van der Waals surface area contributed by atoms with Crippen molar-refractivity contribution in [3.05, 3.63) is 70.3 Å². The van der Waals surface area contributed by atoms with E-state index in [-0.39, 0.29) is 0 Å². The monoisotopic (exact) mass is 294 g/mol. The minimum atomic E-state index is -4.35. The molecular formula is C17H17F3O. The molecule has 0 amide bonds. The van der Waals surface area contributed by atoms with Crippen LogP contribution in [0, 0.1) is 13.8 Å². The second kappa shape index (κ2) is 5.90. The van der Waals surface area contributed by atoms with Gasteiger partial charge in [0.05, 0.1) is 11.7 Å². The van der Waals surface area contributed by atoms with Gasteiger partial charge in [0, 0.05) is 6.42 Å². The minimum absolute atomic E-state index is 0.383. The molecule has 21 heavy (non-hydrogen) atoms. The molecule has 2 rings (SSSR count). The smallest absolute Gasteiger partial charge is 0.388 e. The van der Waals surface area contributed by atoms with Crippen molar-refractivity contribution in [3.8, 4) is 0 Å². The molecule has 2 aromatic rings. The highest BCUT2D eigenvalue weighted by molar-refractivity contribution is 5.31. The summed E-state index contributed by atoms with van der Waals surface area (Å²) >= 11 is 0. The van der Waals surface area contributed by atoms with E-state index < -0.39 is 17.8 Å². The number of hydrogen-bond acceptors (Lipinski definition) is 1. The SMILES string of the molecule is Cc1cc(C)cc(CC(O)c2ccc(C(F)(F)F)cc2)c1. The van der Waals surface area contributed by atoms with E-state index in [2.05, 4.69) is 0 Å². The fourth-order valence-corrected chi connectivity index (χ4v) is 2.42. The molecule has 0 saturated heterocycles. The first-order valence-corrected chi connectivity index (χ1v) is 6.68. The molecule has 0 aliphatic rings. The van der Waals surface area contributed by atoms with Crippen molar-refractivity contribution in [2.45, 2.75) is 32.5 Å². The molecule has 0 aliphatic carbocycles. The zero-order chi connectivity index (χ0) is 15.6. The molecule has 0 bridgehead atoms. The van der Waals surface area contributed by atoms with Gasteiger partial charge in [-0.15, -0.1) is 0 Å². The molecule has 2 aromatic carbocycles. The van der Waals surface area contributed by atoms with Crippen LogP contribution in [0.3, 0.4) is 0 Å². The summed E-state index contributed by atoms with van der Waals surface area (Å²) in [6, 6.07) is 10.6. The lowest BCUT2D eigenvalue weighted by Gasteiger charge is -2.14. The predicted molar refractivity (Wildman–Crippen MR) is 76.0 cm³/mol.